The maximum Gasteiger partial charge on any atom is 0.0294 e. The van der Waals surface area contributed by atoms with E-state index < -0.39 is 0 Å². The van der Waals surface area contributed by atoms with Crippen molar-refractivity contribution < 1.29 is 0 Å². The maximum absolute atomic E-state index is 3.80. The first kappa shape index (κ1) is 14.1. The second kappa shape index (κ2) is 6.72. The lowest BCUT2D eigenvalue weighted by Crippen LogP contribution is -2.35. The molecule has 0 saturated heterocycles. The van der Waals surface area contributed by atoms with E-state index in [0.717, 1.165) is 10.4 Å². The molecule has 2 unspecified atom stereocenters. The second-order valence-corrected chi connectivity index (χ2v) is 6.49. The maximum atomic E-state index is 3.80. The van der Waals surface area contributed by atoms with Crippen molar-refractivity contribution in [1.29, 1.82) is 0 Å². The monoisotopic (exact) mass is 309 g/mol. The number of benzene rings is 1. The van der Waals surface area contributed by atoms with Crippen molar-refractivity contribution in [2.75, 3.05) is 0 Å². The van der Waals surface area contributed by atoms with Gasteiger partial charge in [-0.15, -0.1) is 0 Å². The van der Waals surface area contributed by atoms with Gasteiger partial charge in [-0.25, -0.2) is 0 Å². The largest absolute Gasteiger partial charge is 0.307 e. The van der Waals surface area contributed by atoms with Crippen molar-refractivity contribution in [3.8, 4) is 0 Å². The molecule has 1 aromatic carbocycles. The summed E-state index contributed by atoms with van der Waals surface area (Å²) in [4.78, 5) is 0. The average molecular weight is 310 g/mol. The van der Waals surface area contributed by atoms with Gasteiger partial charge in [0, 0.05) is 16.6 Å². The predicted octanol–water partition coefficient (Wildman–Crippen LogP) is 5.07. The van der Waals surface area contributed by atoms with Crippen LogP contribution in [0.2, 0.25) is 0 Å². The third kappa shape index (κ3) is 3.83. The van der Waals surface area contributed by atoms with E-state index in [1.807, 2.05) is 0 Å². The molecular formula is C16H24BrN. The minimum absolute atomic E-state index is 0.457. The summed E-state index contributed by atoms with van der Waals surface area (Å²) in [7, 11) is 0. The molecule has 1 aliphatic rings. The van der Waals surface area contributed by atoms with Crippen molar-refractivity contribution in [1.82, 2.24) is 5.32 Å². The van der Waals surface area contributed by atoms with Crippen LogP contribution in [-0.2, 0) is 0 Å². The molecule has 1 N–H and O–H groups in total. The smallest absolute Gasteiger partial charge is 0.0294 e. The molecule has 3 atom stereocenters. The fourth-order valence-corrected chi connectivity index (χ4v) is 3.28. The SMILES string of the molecule is CCC1CCCC(N[C@@H](C)c2ccc(Br)cc2)C1. The molecule has 2 heteroatoms. The first-order valence-corrected chi connectivity index (χ1v) is 8.00. The molecule has 0 bridgehead atoms. The van der Waals surface area contributed by atoms with E-state index in [0.29, 0.717) is 12.1 Å². The topological polar surface area (TPSA) is 12.0 Å². The molecule has 0 radical (unpaired) electrons. The van der Waals surface area contributed by atoms with Crippen LogP contribution < -0.4 is 5.32 Å². The third-order valence-corrected chi connectivity index (χ3v) is 4.74. The highest BCUT2D eigenvalue weighted by atomic mass is 79.9. The Morgan fingerprint density at radius 3 is 2.67 bits per heavy atom. The second-order valence-electron chi connectivity index (χ2n) is 5.58. The van der Waals surface area contributed by atoms with E-state index in [1.165, 1.54) is 37.7 Å². The van der Waals surface area contributed by atoms with Crippen molar-refractivity contribution in [2.45, 2.75) is 58.0 Å². The fraction of sp³-hybridized carbons (Fsp3) is 0.625. The van der Waals surface area contributed by atoms with Crippen molar-refractivity contribution in [3.63, 3.8) is 0 Å². The summed E-state index contributed by atoms with van der Waals surface area (Å²) in [5.41, 5.74) is 1.39. The van der Waals surface area contributed by atoms with Gasteiger partial charge in [0.25, 0.3) is 0 Å². The van der Waals surface area contributed by atoms with Gasteiger partial charge in [-0.2, -0.15) is 0 Å². The molecule has 0 aromatic heterocycles. The molecule has 1 saturated carbocycles. The van der Waals surface area contributed by atoms with Gasteiger partial charge in [-0.1, -0.05) is 54.2 Å². The lowest BCUT2D eigenvalue weighted by Gasteiger charge is -2.31. The molecule has 1 fully saturated rings. The molecule has 0 aliphatic heterocycles. The number of rotatable bonds is 4. The van der Waals surface area contributed by atoms with Gasteiger partial charge >= 0.3 is 0 Å². The Morgan fingerprint density at radius 1 is 1.28 bits per heavy atom. The highest BCUT2D eigenvalue weighted by Gasteiger charge is 2.21. The van der Waals surface area contributed by atoms with Crippen molar-refractivity contribution >= 4 is 15.9 Å². The van der Waals surface area contributed by atoms with E-state index in [9.17, 15) is 0 Å². The summed E-state index contributed by atoms with van der Waals surface area (Å²) >= 11 is 3.49. The van der Waals surface area contributed by atoms with Crippen LogP contribution in [-0.4, -0.2) is 6.04 Å². The van der Waals surface area contributed by atoms with E-state index in [4.69, 9.17) is 0 Å². The van der Waals surface area contributed by atoms with Gasteiger partial charge in [0.2, 0.25) is 0 Å². The summed E-state index contributed by atoms with van der Waals surface area (Å²) in [5, 5.41) is 3.80. The Morgan fingerprint density at radius 2 is 2.00 bits per heavy atom. The number of nitrogens with one attached hydrogen (secondary N) is 1. The Balaban J connectivity index is 1.90. The fourth-order valence-electron chi connectivity index (χ4n) is 3.01. The normalized spacial score (nSPS) is 25.9. The highest BCUT2D eigenvalue weighted by molar-refractivity contribution is 9.10. The number of halogens is 1. The molecule has 2 rings (SSSR count). The van der Waals surface area contributed by atoms with Crippen LogP contribution in [0.25, 0.3) is 0 Å². The summed E-state index contributed by atoms with van der Waals surface area (Å²) in [5.74, 6) is 0.938. The van der Waals surface area contributed by atoms with Crippen LogP contribution in [0.15, 0.2) is 28.7 Å². The molecule has 1 nitrogen and oxygen atoms in total. The summed E-state index contributed by atoms with van der Waals surface area (Å²) in [6.07, 6.45) is 6.87. The zero-order chi connectivity index (χ0) is 13.0. The standard InChI is InChI=1S/C16H24BrN/c1-3-13-5-4-6-16(11-13)18-12(2)14-7-9-15(17)10-8-14/h7-10,12-13,16,18H,3-6,11H2,1-2H3/t12-,13?,16?/m0/s1. The Hall–Kier alpha value is -0.340. The lowest BCUT2D eigenvalue weighted by atomic mass is 9.84. The average Bonchev–Trinajstić information content (AvgIpc) is 2.39. The van der Waals surface area contributed by atoms with Gasteiger partial charge in [0.1, 0.15) is 0 Å². The van der Waals surface area contributed by atoms with Gasteiger partial charge < -0.3 is 5.32 Å². The molecule has 0 spiro atoms. The lowest BCUT2D eigenvalue weighted by molar-refractivity contribution is 0.266. The molecular weight excluding hydrogens is 286 g/mol. The zero-order valence-electron chi connectivity index (χ0n) is 11.5. The van der Waals surface area contributed by atoms with E-state index >= 15 is 0 Å². The Labute approximate surface area is 119 Å². The molecule has 18 heavy (non-hydrogen) atoms. The van der Waals surface area contributed by atoms with Crippen LogP contribution in [0.3, 0.4) is 0 Å². The van der Waals surface area contributed by atoms with Gasteiger partial charge in [0.15, 0.2) is 0 Å². The van der Waals surface area contributed by atoms with E-state index in [2.05, 4.69) is 59.4 Å². The van der Waals surface area contributed by atoms with Gasteiger partial charge in [0.05, 0.1) is 0 Å². The van der Waals surface area contributed by atoms with Gasteiger partial charge in [-0.05, 0) is 43.4 Å². The van der Waals surface area contributed by atoms with Gasteiger partial charge in [-0.3, -0.25) is 0 Å². The first-order valence-electron chi connectivity index (χ1n) is 7.20. The van der Waals surface area contributed by atoms with Crippen LogP contribution >= 0.6 is 15.9 Å². The Bertz CT molecular complexity index is 360. The van der Waals surface area contributed by atoms with Crippen LogP contribution in [0.1, 0.15) is 57.6 Å². The Kier molecular flexibility index (Phi) is 5.25. The van der Waals surface area contributed by atoms with Crippen LogP contribution in [0.5, 0.6) is 0 Å². The summed E-state index contributed by atoms with van der Waals surface area (Å²) in [6, 6.07) is 9.84. The molecule has 1 aliphatic carbocycles. The molecule has 1 aromatic rings. The molecule has 100 valence electrons. The highest BCUT2D eigenvalue weighted by Crippen LogP contribution is 2.28. The minimum Gasteiger partial charge on any atom is -0.307 e. The van der Waals surface area contributed by atoms with Crippen molar-refractivity contribution in [3.05, 3.63) is 34.3 Å². The van der Waals surface area contributed by atoms with E-state index in [-0.39, 0.29) is 0 Å². The quantitative estimate of drug-likeness (QED) is 0.819. The first-order chi connectivity index (χ1) is 8.69. The zero-order valence-corrected chi connectivity index (χ0v) is 13.0. The summed E-state index contributed by atoms with van der Waals surface area (Å²) in [6.45, 7) is 4.60. The third-order valence-electron chi connectivity index (χ3n) is 4.22. The number of hydrogen-bond donors (Lipinski definition) is 1. The van der Waals surface area contributed by atoms with Crippen LogP contribution in [0, 0.1) is 5.92 Å². The van der Waals surface area contributed by atoms with Crippen molar-refractivity contribution in [2.24, 2.45) is 5.92 Å². The molecule has 0 amide bonds. The van der Waals surface area contributed by atoms with E-state index in [1.54, 1.807) is 0 Å². The minimum atomic E-state index is 0.457. The number of hydrogen-bond acceptors (Lipinski definition) is 1. The summed E-state index contributed by atoms with van der Waals surface area (Å²) < 4.78 is 1.15. The molecule has 0 heterocycles. The van der Waals surface area contributed by atoms with Crippen LogP contribution in [0.4, 0.5) is 0 Å². The predicted molar refractivity (Wildman–Crippen MR) is 81.7 cm³/mol.